The fourth-order valence-corrected chi connectivity index (χ4v) is 3.06. The van der Waals surface area contributed by atoms with Gasteiger partial charge in [-0.15, -0.1) is 0 Å². The highest BCUT2D eigenvalue weighted by Gasteiger charge is 2.35. The summed E-state index contributed by atoms with van der Waals surface area (Å²) in [7, 11) is 0. The van der Waals surface area contributed by atoms with Crippen molar-refractivity contribution < 1.29 is 22.4 Å². The van der Waals surface area contributed by atoms with Gasteiger partial charge in [0.1, 0.15) is 5.67 Å². The van der Waals surface area contributed by atoms with Gasteiger partial charge in [-0.3, -0.25) is 4.79 Å². The Morgan fingerprint density at radius 1 is 1.24 bits per heavy atom. The fourth-order valence-electron chi connectivity index (χ4n) is 2.84. The molecular formula is C17H21ClF4N2O. The zero-order valence-corrected chi connectivity index (χ0v) is 14.5. The van der Waals surface area contributed by atoms with Crippen molar-refractivity contribution in [3.8, 4) is 0 Å². The maximum absolute atomic E-state index is 14.8. The Kier molecular flexibility index (Phi) is 6.68. The first-order chi connectivity index (χ1) is 11.7. The largest absolute Gasteiger partial charge is 0.389 e. The number of hydrogen-bond donors (Lipinski definition) is 1. The highest BCUT2D eigenvalue weighted by molar-refractivity contribution is 6.33. The lowest BCUT2D eigenvalue weighted by atomic mass is 9.93. The molecule has 8 heteroatoms. The number of hydrogen-bond acceptors (Lipinski definition) is 2. The van der Waals surface area contributed by atoms with Gasteiger partial charge >= 0.3 is 6.18 Å². The van der Waals surface area contributed by atoms with Crippen LogP contribution in [0.4, 0.5) is 17.6 Å². The summed E-state index contributed by atoms with van der Waals surface area (Å²) in [5.41, 5.74) is -1.25. The molecule has 0 spiro atoms. The van der Waals surface area contributed by atoms with Gasteiger partial charge in [-0.1, -0.05) is 23.7 Å². The quantitative estimate of drug-likeness (QED) is 0.749. The van der Waals surface area contributed by atoms with Crippen LogP contribution in [0.1, 0.15) is 36.0 Å². The van der Waals surface area contributed by atoms with E-state index in [0.29, 0.717) is 24.7 Å². The zero-order valence-electron chi connectivity index (χ0n) is 13.7. The standard InChI is InChI=1S/C17H21ClF4N2O/c18-14-5-2-1-4-13(14)15(25)23-12-16(19)7-10-24(11-8-16)9-3-6-17(20,21)22/h1-2,4-5H,3,6-12H2,(H,23,25). The Balaban J connectivity index is 1.75. The molecule has 0 atom stereocenters. The number of nitrogens with one attached hydrogen (secondary N) is 1. The molecule has 0 unspecified atom stereocenters. The molecule has 1 N–H and O–H groups in total. The van der Waals surface area contributed by atoms with E-state index in [0.717, 1.165) is 0 Å². The van der Waals surface area contributed by atoms with Gasteiger partial charge in [0.2, 0.25) is 0 Å². The smallest absolute Gasteiger partial charge is 0.349 e. The second kappa shape index (κ2) is 8.36. The lowest BCUT2D eigenvalue weighted by molar-refractivity contribution is -0.136. The van der Waals surface area contributed by atoms with E-state index in [1.807, 2.05) is 4.90 Å². The summed E-state index contributed by atoms with van der Waals surface area (Å²) in [5.74, 6) is -0.435. The van der Waals surface area contributed by atoms with Gasteiger partial charge in [0.25, 0.3) is 5.91 Å². The van der Waals surface area contributed by atoms with Crippen LogP contribution in [0.3, 0.4) is 0 Å². The Hall–Kier alpha value is -1.34. The van der Waals surface area contributed by atoms with Crippen molar-refractivity contribution in [3.05, 3.63) is 34.9 Å². The number of likely N-dealkylation sites (tertiary alicyclic amines) is 1. The van der Waals surface area contributed by atoms with Crippen molar-refractivity contribution in [3.63, 3.8) is 0 Å². The Morgan fingerprint density at radius 3 is 2.48 bits per heavy atom. The SMILES string of the molecule is O=C(NCC1(F)CCN(CCCC(F)(F)F)CC1)c1ccccc1Cl. The lowest BCUT2D eigenvalue weighted by Crippen LogP contribution is -2.48. The minimum atomic E-state index is -4.15. The van der Waals surface area contributed by atoms with Crippen molar-refractivity contribution in [1.29, 1.82) is 0 Å². The predicted molar refractivity (Wildman–Crippen MR) is 88.6 cm³/mol. The predicted octanol–water partition coefficient (Wildman–Crippen LogP) is 4.22. The van der Waals surface area contributed by atoms with Crippen LogP contribution in [0.5, 0.6) is 0 Å². The Morgan fingerprint density at radius 2 is 1.88 bits per heavy atom. The van der Waals surface area contributed by atoms with Crippen molar-refractivity contribution >= 4 is 17.5 Å². The van der Waals surface area contributed by atoms with Crippen LogP contribution in [0, 0.1) is 0 Å². The van der Waals surface area contributed by atoms with Crippen LogP contribution in [-0.2, 0) is 0 Å². The highest BCUT2D eigenvalue weighted by Crippen LogP contribution is 2.27. The van der Waals surface area contributed by atoms with Crippen LogP contribution in [0.25, 0.3) is 0 Å². The van der Waals surface area contributed by atoms with Crippen molar-refractivity contribution in [2.45, 2.75) is 37.5 Å². The van der Waals surface area contributed by atoms with Gasteiger partial charge < -0.3 is 10.2 Å². The van der Waals surface area contributed by atoms with Crippen LogP contribution in [-0.4, -0.2) is 48.8 Å². The van der Waals surface area contributed by atoms with Gasteiger partial charge in [0, 0.05) is 19.5 Å². The molecule has 1 aromatic rings. The molecule has 0 bridgehead atoms. The molecule has 0 saturated carbocycles. The fraction of sp³-hybridized carbons (Fsp3) is 0.588. The summed E-state index contributed by atoms with van der Waals surface area (Å²) in [5, 5.41) is 2.86. The first-order valence-corrected chi connectivity index (χ1v) is 8.57. The third-order valence-electron chi connectivity index (χ3n) is 4.37. The first kappa shape index (κ1) is 20.0. The molecule has 1 fully saturated rings. The number of halogens is 5. The van der Waals surface area contributed by atoms with E-state index >= 15 is 0 Å². The van der Waals surface area contributed by atoms with Crippen LogP contribution >= 0.6 is 11.6 Å². The molecule has 0 aromatic heterocycles. The molecule has 0 aliphatic carbocycles. The number of nitrogens with zero attached hydrogens (tertiary/aromatic N) is 1. The third kappa shape index (κ3) is 6.47. The van der Waals surface area contributed by atoms with Crippen molar-refractivity contribution in [2.75, 3.05) is 26.2 Å². The number of amides is 1. The van der Waals surface area contributed by atoms with Crippen LogP contribution in [0.2, 0.25) is 5.02 Å². The van der Waals surface area contributed by atoms with E-state index in [4.69, 9.17) is 11.6 Å². The van der Waals surface area contributed by atoms with E-state index in [1.54, 1.807) is 24.3 Å². The third-order valence-corrected chi connectivity index (χ3v) is 4.70. The van der Waals surface area contributed by atoms with Gasteiger partial charge in [-0.2, -0.15) is 13.2 Å². The average molecular weight is 381 g/mol. The number of benzene rings is 1. The molecule has 1 aliphatic rings. The molecule has 1 saturated heterocycles. The van der Waals surface area contributed by atoms with E-state index in [2.05, 4.69) is 5.32 Å². The van der Waals surface area contributed by atoms with E-state index in [-0.39, 0.29) is 31.4 Å². The second-order valence-corrected chi connectivity index (χ2v) is 6.78. The van der Waals surface area contributed by atoms with E-state index in [1.165, 1.54) is 0 Å². The second-order valence-electron chi connectivity index (χ2n) is 6.37. The molecule has 1 aliphatic heterocycles. The number of carbonyl (C=O) groups excluding carboxylic acids is 1. The Labute approximate surface area is 149 Å². The lowest BCUT2D eigenvalue weighted by Gasteiger charge is -2.36. The molecule has 1 aromatic carbocycles. The molecule has 25 heavy (non-hydrogen) atoms. The number of carbonyl (C=O) groups is 1. The summed E-state index contributed by atoms with van der Waals surface area (Å²) in [6.45, 7) is 0.946. The number of rotatable bonds is 6. The van der Waals surface area contributed by atoms with Crippen LogP contribution in [0.15, 0.2) is 24.3 Å². The molecule has 0 radical (unpaired) electrons. The van der Waals surface area contributed by atoms with E-state index in [9.17, 15) is 22.4 Å². The topological polar surface area (TPSA) is 32.3 Å². The normalized spacial score (nSPS) is 18.1. The summed E-state index contributed by atoms with van der Waals surface area (Å²) in [6, 6.07) is 6.52. The summed E-state index contributed by atoms with van der Waals surface area (Å²) in [6.07, 6.45) is -4.59. The van der Waals surface area contributed by atoms with Crippen molar-refractivity contribution in [2.24, 2.45) is 0 Å². The molecule has 2 rings (SSSR count). The zero-order chi connectivity index (χ0) is 18.5. The number of alkyl halides is 4. The van der Waals surface area contributed by atoms with Gasteiger partial charge in [0.15, 0.2) is 0 Å². The molecule has 1 amide bonds. The minimum absolute atomic E-state index is 0.0199. The highest BCUT2D eigenvalue weighted by atomic mass is 35.5. The minimum Gasteiger partial charge on any atom is -0.349 e. The first-order valence-electron chi connectivity index (χ1n) is 8.19. The summed E-state index contributed by atoms with van der Waals surface area (Å²) < 4.78 is 51.2. The molecular weight excluding hydrogens is 360 g/mol. The summed E-state index contributed by atoms with van der Waals surface area (Å²) >= 11 is 5.93. The van der Waals surface area contributed by atoms with Crippen molar-refractivity contribution in [1.82, 2.24) is 10.2 Å². The van der Waals surface area contributed by atoms with Gasteiger partial charge in [0.05, 0.1) is 17.1 Å². The molecule has 3 nitrogen and oxygen atoms in total. The van der Waals surface area contributed by atoms with Gasteiger partial charge in [-0.05, 0) is 37.9 Å². The van der Waals surface area contributed by atoms with Gasteiger partial charge in [-0.25, -0.2) is 4.39 Å². The molecule has 140 valence electrons. The number of piperidine rings is 1. The van der Waals surface area contributed by atoms with Crippen LogP contribution < -0.4 is 5.32 Å². The monoisotopic (exact) mass is 380 g/mol. The maximum Gasteiger partial charge on any atom is 0.389 e. The summed E-state index contributed by atoms with van der Waals surface area (Å²) in [4.78, 5) is 13.9. The maximum atomic E-state index is 14.8. The molecule has 1 heterocycles. The Bertz CT molecular complexity index is 586. The van der Waals surface area contributed by atoms with E-state index < -0.39 is 24.2 Å². The average Bonchev–Trinajstić information content (AvgIpc) is 2.54.